The summed E-state index contributed by atoms with van der Waals surface area (Å²) in [5.74, 6) is -0.195. The van der Waals surface area contributed by atoms with Crippen LogP contribution in [0.5, 0.6) is 5.75 Å². The first-order valence-electron chi connectivity index (χ1n) is 7.29. The van der Waals surface area contributed by atoms with Gasteiger partial charge in [-0.1, -0.05) is 72.8 Å². The fraction of sp³-hybridized carbons (Fsp3) is 0.0526. The lowest BCUT2D eigenvalue weighted by atomic mass is 10.3. The zero-order chi connectivity index (χ0) is 17.0. The van der Waals surface area contributed by atoms with E-state index >= 15 is 0 Å². The maximum atomic E-state index is 12.5. The van der Waals surface area contributed by atoms with Gasteiger partial charge in [0.05, 0.1) is 0 Å². The van der Waals surface area contributed by atoms with Gasteiger partial charge in [0.15, 0.2) is 0 Å². The van der Waals surface area contributed by atoms with Crippen molar-refractivity contribution in [3.05, 3.63) is 84.9 Å². The highest BCUT2D eigenvalue weighted by atomic mass is 31.1. The van der Waals surface area contributed by atoms with E-state index in [2.05, 4.69) is 4.74 Å². The summed E-state index contributed by atoms with van der Waals surface area (Å²) in [6, 6.07) is 25.8. The molecule has 3 aromatic carbocycles. The Morgan fingerprint density at radius 3 is 1.62 bits per heavy atom. The highest BCUT2D eigenvalue weighted by Gasteiger charge is 2.31. The van der Waals surface area contributed by atoms with Crippen molar-refractivity contribution in [3.8, 4) is 5.75 Å². The number of rotatable bonds is 4. The third-order valence-corrected chi connectivity index (χ3v) is 5.76. The predicted molar refractivity (Wildman–Crippen MR) is 91.8 cm³/mol. The number of hydrogen-bond acceptors (Lipinski definition) is 1. The third kappa shape index (κ3) is 4.15. The van der Waals surface area contributed by atoms with E-state index in [1.54, 1.807) is 6.07 Å². The van der Waals surface area contributed by atoms with E-state index < -0.39 is 14.3 Å². The molecule has 0 radical (unpaired) electrons. The summed E-state index contributed by atoms with van der Waals surface area (Å²) < 4.78 is 41.6. The summed E-state index contributed by atoms with van der Waals surface area (Å²) in [6.45, 7) is 0. The molecule has 24 heavy (non-hydrogen) atoms. The van der Waals surface area contributed by atoms with E-state index in [0.29, 0.717) is 0 Å². The van der Waals surface area contributed by atoms with Gasteiger partial charge < -0.3 is 4.74 Å². The SMILES string of the molecule is FC(F)(F)Oc1cccc(P(c2ccccc2)c2ccccc2)c1. The predicted octanol–water partition coefficient (Wildman–Crippen LogP) is 4.34. The Bertz CT molecular complexity index is 749. The second-order valence-electron chi connectivity index (χ2n) is 5.05. The van der Waals surface area contributed by atoms with Crippen LogP contribution in [0.25, 0.3) is 0 Å². The molecule has 0 amide bonds. The monoisotopic (exact) mass is 346 g/mol. The van der Waals surface area contributed by atoms with Crippen molar-refractivity contribution in [1.82, 2.24) is 0 Å². The van der Waals surface area contributed by atoms with Gasteiger partial charge in [0.25, 0.3) is 0 Å². The fourth-order valence-electron chi connectivity index (χ4n) is 2.42. The third-order valence-electron chi connectivity index (χ3n) is 3.34. The molecule has 3 aromatic rings. The molecule has 0 heterocycles. The molecule has 0 aliphatic carbocycles. The summed E-state index contributed by atoms with van der Waals surface area (Å²) in [4.78, 5) is 0. The smallest absolute Gasteiger partial charge is 0.406 e. The van der Waals surface area contributed by atoms with Crippen LogP contribution < -0.4 is 20.7 Å². The lowest BCUT2D eigenvalue weighted by Crippen LogP contribution is -2.22. The van der Waals surface area contributed by atoms with Gasteiger partial charge >= 0.3 is 6.36 Å². The molecule has 122 valence electrons. The Labute approximate surface area is 139 Å². The molecular weight excluding hydrogens is 332 g/mol. The van der Waals surface area contributed by atoms with Crippen molar-refractivity contribution < 1.29 is 17.9 Å². The minimum absolute atomic E-state index is 0.195. The lowest BCUT2D eigenvalue weighted by Gasteiger charge is -2.20. The van der Waals surface area contributed by atoms with Crippen molar-refractivity contribution >= 4 is 23.8 Å². The molecule has 0 bridgehead atoms. The minimum Gasteiger partial charge on any atom is -0.406 e. The Kier molecular flexibility index (Phi) is 4.86. The van der Waals surface area contributed by atoms with Crippen LogP contribution >= 0.6 is 7.92 Å². The number of benzene rings is 3. The van der Waals surface area contributed by atoms with Gasteiger partial charge in [0.1, 0.15) is 5.75 Å². The van der Waals surface area contributed by atoms with Crippen LogP contribution in [0.2, 0.25) is 0 Å². The zero-order valence-electron chi connectivity index (χ0n) is 12.6. The maximum absolute atomic E-state index is 12.5. The first-order chi connectivity index (χ1) is 11.5. The number of halogens is 3. The van der Waals surface area contributed by atoms with Gasteiger partial charge in [0, 0.05) is 0 Å². The van der Waals surface area contributed by atoms with Crippen LogP contribution in [-0.2, 0) is 0 Å². The molecule has 0 fully saturated rings. The summed E-state index contributed by atoms with van der Waals surface area (Å²) >= 11 is 0. The zero-order valence-corrected chi connectivity index (χ0v) is 13.5. The molecule has 0 atom stereocenters. The maximum Gasteiger partial charge on any atom is 0.573 e. The van der Waals surface area contributed by atoms with Crippen LogP contribution in [0.1, 0.15) is 0 Å². The molecule has 0 aliphatic rings. The molecule has 0 spiro atoms. The highest BCUT2D eigenvalue weighted by molar-refractivity contribution is 7.79. The van der Waals surface area contributed by atoms with Gasteiger partial charge in [-0.2, -0.15) is 0 Å². The molecule has 0 aliphatic heterocycles. The molecule has 0 aromatic heterocycles. The molecule has 0 saturated heterocycles. The standard InChI is InChI=1S/C19H14F3OP/c20-19(21,22)23-15-8-7-13-18(14-15)24(16-9-3-1-4-10-16)17-11-5-2-6-12-17/h1-14H. The topological polar surface area (TPSA) is 9.23 Å². The van der Waals surface area contributed by atoms with E-state index in [9.17, 15) is 13.2 Å². The Morgan fingerprint density at radius 1 is 0.625 bits per heavy atom. The van der Waals surface area contributed by atoms with Crippen molar-refractivity contribution in [2.45, 2.75) is 6.36 Å². The average Bonchev–Trinajstić information content (AvgIpc) is 2.56. The normalized spacial score (nSPS) is 11.5. The van der Waals surface area contributed by atoms with Crippen LogP contribution in [-0.4, -0.2) is 6.36 Å². The van der Waals surface area contributed by atoms with Gasteiger partial charge in [0.2, 0.25) is 0 Å². The van der Waals surface area contributed by atoms with Gasteiger partial charge in [-0.25, -0.2) is 0 Å². The lowest BCUT2D eigenvalue weighted by molar-refractivity contribution is -0.274. The first-order valence-corrected chi connectivity index (χ1v) is 8.63. The Morgan fingerprint density at radius 2 is 1.12 bits per heavy atom. The summed E-state index contributed by atoms with van der Waals surface area (Å²) in [7, 11) is -0.951. The Hall–Kier alpha value is -2.32. The van der Waals surface area contributed by atoms with Crippen molar-refractivity contribution in [1.29, 1.82) is 0 Å². The van der Waals surface area contributed by atoms with Gasteiger partial charge in [-0.05, 0) is 36.0 Å². The number of ether oxygens (including phenoxy) is 1. The van der Waals surface area contributed by atoms with Crippen LogP contribution in [0.3, 0.4) is 0 Å². The van der Waals surface area contributed by atoms with Gasteiger partial charge in [-0.15, -0.1) is 13.2 Å². The average molecular weight is 346 g/mol. The van der Waals surface area contributed by atoms with Gasteiger partial charge in [-0.3, -0.25) is 0 Å². The molecule has 1 nitrogen and oxygen atoms in total. The summed E-state index contributed by atoms with van der Waals surface area (Å²) in [5.41, 5.74) is 0. The molecule has 0 saturated carbocycles. The second kappa shape index (κ2) is 7.06. The number of alkyl halides is 3. The quantitative estimate of drug-likeness (QED) is 0.639. The largest absolute Gasteiger partial charge is 0.573 e. The van der Waals surface area contributed by atoms with E-state index in [1.807, 2.05) is 66.7 Å². The van der Waals surface area contributed by atoms with Crippen LogP contribution in [0, 0.1) is 0 Å². The molecular formula is C19H14F3OP. The van der Waals surface area contributed by atoms with Crippen molar-refractivity contribution in [2.75, 3.05) is 0 Å². The van der Waals surface area contributed by atoms with Crippen LogP contribution in [0.15, 0.2) is 84.9 Å². The molecule has 3 rings (SSSR count). The minimum atomic E-state index is -4.69. The van der Waals surface area contributed by atoms with Crippen LogP contribution in [0.4, 0.5) is 13.2 Å². The highest BCUT2D eigenvalue weighted by Crippen LogP contribution is 2.34. The van der Waals surface area contributed by atoms with E-state index in [-0.39, 0.29) is 5.75 Å². The van der Waals surface area contributed by atoms with E-state index in [4.69, 9.17) is 0 Å². The molecule has 0 unspecified atom stereocenters. The van der Waals surface area contributed by atoms with Crippen molar-refractivity contribution in [2.24, 2.45) is 0 Å². The number of hydrogen-bond donors (Lipinski definition) is 0. The van der Waals surface area contributed by atoms with E-state index in [0.717, 1.165) is 15.9 Å². The molecule has 0 N–H and O–H groups in total. The summed E-state index contributed by atoms with van der Waals surface area (Å²) in [6.07, 6.45) is -4.69. The first kappa shape index (κ1) is 16.5. The second-order valence-corrected chi connectivity index (χ2v) is 7.27. The fourth-order valence-corrected chi connectivity index (χ4v) is 4.75. The van der Waals surface area contributed by atoms with E-state index in [1.165, 1.54) is 12.1 Å². The summed E-state index contributed by atoms with van der Waals surface area (Å²) in [5, 5.41) is 2.95. The van der Waals surface area contributed by atoms with Crippen molar-refractivity contribution in [3.63, 3.8) is 0 Å². The Balaban J connectivity index is 2.05. The molecule has 5 heteroatoms.